The summed E-state index contributed by atoms with van der Waals surface area (Å²) in [6.45, 7) is 2.45. The van der Waals surface area contributed by atoms with Crippen LogP contribution >= 0.6 is 11.6 Å². The molecule has 0 atom stereocenters. The highest BCUT2D eigenvalue weighted by Crippen LogP contribution is 2.18. The van der Waals surface area contributed by atoms with Crippen LogP contribution in [0.5, 0.6) is 11.5 Å². The predicted molar refractivity (Wildman–Crippen MR) is 83.2 cm³/mol. The van der Waals surface area contributed by atoms with Crippen LogP contribution in [0.2, 0.25) is 5.02 Å². The van der Waals surface area contributed by atoms with Crippen LogP contribution in [-0.2, 0) is 4.79 Å². The molecule has 0 saturated heterocycles. The van der Waals surface area contributed by atoms with Crippen LogP contribution in [0.4, 0.5) is 5.69 Å². The van der Waals surface area contributed by atoms with E-state index in [0.29, 0.717) is 23.1 Å². The normalized spacial score (nSPS) is 10.0. The van der Waals surface area contributed by atoms with E-state index < -0.39 is 0 Å². The molecule has 5 heteroatoms. The molecule has 0 unspecified atom stereocenters. The first-order chi connectivity index (χ1) is 10.2. The maximum Gasteiger partial charge on any atom is 0.262 e. The second kappa shape index (κ2) is 7.55. The summed E-state index contributed by atoms with van der Waals surface area (Å²) >= 11 is 5.84. The van der Waals surface area contributed by atoms with Gasteiger partial charge in [-0.15, -0.1) is 0 Å². The van der Waals surface area contributed by atoms with E-state index in [1.807, 2.05) is 6.92 Å². The number of hydrogen-bond acceptors (Lipinski definition) is 3. The van der Waals surface area contributed by atoms with Crippen LogP contribution in [-0.4, -0.2) is 19.1 Å². The third-order valence-electron chi connectivity index (χ3n) is 2.62. The van der Waals surface area contributed by atoms with E-state index in [2.05, 4.69) is 5.32 Å². The maximum atomic E-state index is 11.8. The molecule has 0 aliphatic rings. The van der Waals surface area contributed by atoms with Crippen molar-refractivity contribution in [2.75, 3.05) is 18.5 Å². The molecular weight excluding hydrogens is 290 g/mol. The van der Waals surface area contributed by atoms with Crippen molar-refractivity contribution in [3.8, 4) is 11.5 Å². The molecule has 0 spiro atoms. The lowest BCUT2D eigenvalue weighted by atomic mass is 10.3. The Morgan fingerprint density at radius 1 is 1.10 bits per heavy atom. The first-order valence-electron chi connectivity index (χ1n) is 6.58. The SMILES string of the molecule is CCOc1ccc(NC(=O)COc2cccc(Cl)c2)cc1. The average molecular weight is 306 g/mol. The number of ether oxygens (including phenoxy) is 2. The standard InChI is InChI=1S/C16H16ClNO3/c1-2-20-14-8-6-13(7-9-14)18-16(19)11-21-15-5-3-4-12(17)10-15/h3-10H,2,11H2,1H3,(H,18,19). The number of carbonyl (C=O) groups is 1. The Morgan fingerprint density at radius 2 is 1.86 bits per heavy atom. The zero-order valence-electron chi connectivity index (χ0n) is 11.6. The maximum absolute atomic E-state index is 11.8. The van der Waals surface area contributed by atoms with Crippen LogP contribution in [0, 0.1) is 0 Å². The van der Waals surface area contributed by atoms with Crippen molar-refractivity contribution in [3.05, 3.63) is 53.6 Å². The van der Waals surface area contributed by atoms with Gasteiger partial charge in [0.15, 0.2) is 6.61 Å². The molecule has 0 aliphatic carbocycles. The summed E-state index contributed by atoms with van der Waals surface area (Å²) in [5, 5.41) is 3.31. The summed E-state index contributed by atoms with van der Waals surface area (Å²) < 4.78 is 10.7. The summed E-state index contributed by atoms with van der Waals surface area (Å²) in [4.78, 5) is 11.8. The average Bonchev–Trinajstić information content (AvgIpc) is 2.48. The molecule has 21 heavy (non-hydrogen) atoms. The fourth-order valence-corrected chi connectivity index (χ4v) is 1.88. The second-order valence-corrected chi connectivity index (χ2v) is 4.69. The highest BCUT2D eigenvalue weighted by Gasteiger charge is 2.04. The molecule has 0 radical (unpaired) electrons. The first-order valence-corrected chi connectivity index (χ1v) is 6.96. The molecule has 0 saturated carbocycles. The Morgan fingerprint density at radius 3 is 2.52 bits per heavy atom. The first kappa shape index (κ1) is 15.2. The van der Waals surface area contributed by atoms with Crippen molar-refractivity contribution in [3.63, 3.8) is 0 Å². The molecule has 1 N–H and O–H groups in total. The number of benzene rings is 2. The molecule has 0 fully saturated rings. The Bertz CT molecular complexity index is 599. The Balaban J connectivity index is 1.84. The largest absolute Gasteiger partial charge is 0.494 e. The van der Waals surface area contributed by atoms with Crippen molar-refractivity contribution >= 4 is 23.2 Å². The highest BCUT2D eigenvalue weighted by atomic mass is 35.5. The number of nitrogens with one attached hydrogen (secondary N) is 1. The molecule has 1 amide bonds. The molecule has 0 aromatic heterocycles. The zero-order chi connectivity index (χ0) is 15.1. The lowest BCUT2D eigenvalue weighted by Crippen LogP contribution is -2.20. The van der Waals surface area contributed by atoms with Crippen LogP contribution in [0.25, 0.3) is 0 Å². The van der Waals surface area contributed by atoms with Gasteiger partial charge in [0.05, 0.1) is 6.61 Å². The zero-order valence-corrected chi connectivity index (χ0v) is 12.4. The lowest BCUT2D eigenvalue weighted by molar-refractivity contribution is -0.118. The van der Waals surface area contributed by atoms with Gasteiger partial charge in [0.2, 0.25) is 0 Å². The van der Waals surface area contributed by atoms with Crippen molar-refractivity contribution in [1.82, 2.24) is 0 Å². The summed E-state index contributed by atoms with van der Waals surface area (Å²) in [7, 11) is 0. The van der Waals surface area contributed by atoms with Gasteiger partial charge in [0.1, 0.15) is 11.5 Å². The van der Waals surface area contributed by atoms with Gasteiger partial charge in [-0.05, 0) is 49.4 Å². The van der Waals surface area contributed by atoms with Gasteiger partial charge in [-0.1, -0.05) is 17.7 Å². The van der Waals surface area contributed by atoms with Crippen molar-refractivity contribution in [1.29, 1.82) is 0 Å². The van der Waals surface area contributed by atoms with E-state index >= 15 is 0 Å². The van der Waals surface area contributed by atoms with Gasteiger partial charge < -0.3 is 14.8 Å². The Hall–Kier alpha value is -2.20. The van der Waals surface area contributed by atoms with Gasteiger partial charge in [0.25, 0.3) is 5.91 Å². The number of anilines is 1. The van der Waals surface area contributed by atoms with Crippen LogP contribution < -0.4 is 14.8 Å². The molecule has 110 valence electrons. The smallest absolute Gasteiger partial charge is 0.262 e. The molecule has 4 nitrogen and oxygen atoms in total. The van der Waals surface area contributed by atoms with Gasteiger partial charge in [0, 0.05) is 10.7 Å². The van der Waals surface area contributed by atoms with E-state index in [4.69, 9.17) is 21.1 Å². The Labute approximate surface area is 128 Å². The fourth-order valence-electron chi connectivity index (χ4n) is 1.70. The number of amides is 1. The van der Waals surface area contributed by atoms with Crippen molar-refractivity contribution in [2.24, 2.45) is 0 Å². The van der Waals surface area contributed by atoms with E-state index in [1.165, 1.54) is 0 Å². The molecule has 2 rings (SSSR count). The minimum absolute atomic E-state index is 0.0758. The third-order valence-corrected chi connectivity index (χ3v) is 2.85. The van der Waals surface area contributed by atoms with Gasteiger partial charge >= 0.3 is 0 Å². The van der Waals surface area contributed by atoms with Gasteiger partial charge in [-0.3, -0.25) is 4.79 Å². The molecule has 0 aliphatic heterocycles. The predicted octanol–water partition coefficient (Wildman–Crippen LogP) is 3.76. The molecule has 0 bridgehead atoms. The quantitative estimate of drug-likeness (QED) is 0.884. The summed E-state index contributed by atoms with van der Waals surface area (Å²) in [5.41, 5.74) is 0.693. The fraction of sp³-hybridized carbons (Fsp3) is 0.188. The number of halogens is 1. The molecule has 0 heterocycles. The molecule has 2 aromatic carbocycles. The number of carbonyl (C=O) groups excluding carboxylic acids is 1. The minimum atomic E-state index is -0.237. The summed E-state index contributed by atoms with van der Waals surface area (Å²) in [6, 6.07) is 14.1. The summed E-state index contributed by atoms with van der Waals surface area (Å²) in [6.07, 6.45) is 0. The van der Waals surface area contributed by atoms with E-state index in [-0.39, 0.29) is 12.5 Å². The third kappa shape index (κ3) is 5.00. The number of hydrogen-bond donors (Lipinski definition) is 1. The van der Waals surface area contributed by atoms with Crippen molar-refractivity contribution in [2.45, 2.75) is 6.92 Å². The second-order valence-electron chi connectivity index (χ2n) is 4.25. The van der Waals surface area contributed by atoms with E-state index in [0.717, 1.165) is 5.75 Å². The van der Waals surface area contributed by atoms with Gasteiger partial charge in [-0.25, -0.2) is 0 Å². The van der Waals surface area contributed by atoms with Gasteiger partial charge in [-0.2, -0.15) is 0 Å². The highest BCUT2D eigenvalue weighted by molar-refractivity contribution is 6.30. The van der Waals surface area contributed by atoms with E-state index in [1.54, 1.807) is 48.5 Å². The van der Waals surface area contributed by atoms with Crippen molar-refractivity contribution < 1.29 is 14.3 Å². The van der Waals surface area contributed by atoms with Crippen LogP contribution in [0.15, 0.2) is 48.5 Å². The Kier molecular flexibility index (Phi) is 5.46. The van der Waals surface area contributed by atoms with E-state index in [9.17, 15) is 4.79 Å². The van der Waals surface area contributed by atoms with Crippen LogP contribution in [0.1, 0.15) is 6.92 Å². The number of rotatable bonds is 6. The summed E-state index contributed by atoms with van der Waals surface area (Å²) in [5.74, 6) is 1.09. The monoisotopic (exact) mass is 305 g/mol. The topological polar surface area (TPSA) is 47.6 Å². The molecule has 2 aromatic rings. The minimum Gasteiger partial charge on any atom is -0.494 e. The lowest BCUT2D eigenvalue weighted by Gasteiger charge is -2.08. The van der Waals surface area contributed by atoms with Crippen LogP contribution in [0.3, 0.4) is 0 Å². The molecular formula is C16H16ClNO3.